The molecule has 1 N–H and O–H groups in total. The first-order valence-corrected chi connectivity index (χ1v) is 6.25. The van der Waals surface area contributed by atoms with Crippen LogP contribution >= 0.6 is 0 Å². The van der Waals surface area contributed by atoms with Crippen LogP contribution in [0.15, 0.2) is 42.6 Å². The number of benzene rings is 1. The summed E-state index contributed by atoms with van der Waals surface area (Å²) >= 11 is 0. The molecule has 0 spiro atoms. The Morgan fingerprint density at radius 1 is 1.16 bits per heavy atom. The van der Waals surface area contributed by atoms with E-state index in [9.17, 15) is 4.39 Å². The lowest BCUT2D eigenvalue weighted by atomic mass is 10.3. The van der Waals surface area contributed by atoms with E-state index in [0.29, 0.717) is 24.1 Å². The lowest BCUT2D eigenvalue weighted by molar-refractivity contribution is 0.477. The zero-order chi connectivity index (χ0) is 13.7. The Bertz CT molecular complexity index is 526. The van der Waals surface area contributed by atoms with E-state index in [4.69, 9.17) is 4.74 Å². The van der Waals surface area contributed by atoms with E-state index in [0.717, 1.165) is 5.69 Å². The summed E-state index contributed by atoms with van der Waals surface area (Å²) in [5.41, 5.74) is 0.910. The highest BCUT2D eigenvalue weighted by molar-refractivity contribution is 5.31. The third kappa shape index (κ3) is 4.34. The van der Waals surface area contributed by atoms with E-state index in [1.165, 1.54) is 12.1 Å². The molecule has 0 atom stereocenters. The molecule has 100 valence electrons. The number of ether oxygens (including phenoxy) is 1. The van der Waals surface area contributed by atoms with Crippen LogP contribution in [0.25, 0.3) is 0 Å². The average molecular weight is 260 g/mol. The molecule has 0 radical (unpaired) electrons. The first-order valence-electron chi connectivity index (χ1n) is 6.25. The Morgan fingerprint density at radius 3 is 2.58 bits per heavy atom. The quantitative estimate of drug-likeness (QED) is 0.893. The fraction of sp³-hybridized carbons (Fsp3) is 0.267. The Balaban J connectivity index is 2.04. The number of halogens is 1. The number of nitrogens with zero attached hydrogens (tertiary/aromatic N) is 1. The van der Waals surface area contributed by atoms with Gasteiger partial charge in [0.25, 0.3) is 0 Å². The Hall–Kier alpha value is -1.94. The van der Waals surface area contributed by atoms with E-state index in [1.54, 1.807) is 24.4 Å². The molecule has 0 saturated heterocycles. The van der Waals surface area contributed by atoms with Gasteiger partial charge in [0, 0.05) is 24.8 Å². The third-order valence-electron chi connectivity index (χ3n) is 2.53. The number of hydrogen-bond donors (Lipinski definition) is 1. The van der Waals surface area contributed by atoms with Crippen LogP contribution in [-0.4, -0.2) is 11.0 Å². The smallest absolute Gasteiger partial charge is 0.130 e. The number of nitrogens with one attached hydrogen (secondary N) is 1. The van der Waals surface area contributed by atoms with Gasteiger partial charge in [-0.1, -0.05) is 13.8 Å². The highest BCUT2D eigenvalue weighted by Gasteiger charge is 2.01. The largest absolute Gasteiger partial charge is 0.457 e. The van der Waals surface area contributed by atoms with Crippen molar-refractivity contribution >= 4 is 0 Å². The van der Waals surface area contributed by atoms with Crippen LogP contribution in [0.3, 0.4) is 0 Å². The molecule has 4 heteroatoms. The standard InChI is InChI=1S/C15H17FN2O/c1-11(2)18-10-13-9-15(7-8-17-13)19-14-5-3-12(16)4-6-14/h3-9,11,18H,10H2,1-2H3. The van der Waals surface area contributed by atoms with Crippen molar-refractivity contribution in [3.8, 4) is 11.5 Å². The summed E-state index contributed by atoms with van der Waals surface area (Å²) in [7, 11) is 0. The van der Waals surface area contributed by atoms with Crippen LogP contribution in [0, 0.1) is 5.82 Å². The molecular weight excluding hydrogens is 243 g/mol. The predicted molar refractivity (Wildman–Crippen MR) is 72.7 cm³/mol. The van der Waals surface area contributed by atoms with E-state index in [2.05, 4.69) is 24.1 Å². The van der Waals surface area contributed by atoms with Gasteiger partial charge in [-0.15, -0.1) is 0 Å². The van der Waals surface area contributed by atoms with Crippen molar-refractivity contribution in [1.82, 2.24) is 10.3 Å². The fourth-order valence-corrected chi connectivity index (χ4v) is 1.56. The molecule has 0 saturated carbocycles. The lowest BCUT2D eigenvalue weighted by Gasteiger charge is -2.09. The molecule has 1 aromatic heterocycles. The van der Waals surface area contributed by atoms with E-state index in [1.807, 2.05) is 6.07 Å². The lowest BCUT2D eigenvalue weighted by Crippen LogP contribution is -2.22. The van der Waals surface area contributed by atoms with E-state index >= 15 is 0 Å². The summed E-state index contributed by atoms with van der Waals surface area (Å²) in [5, 5.41) is 3.29. The van der Waals surface area contributed by atoms with Gasteiger partial charge in [0.1, 0.15) is 17.3 Å². The van der Waals surface area contributed by atoms with Crippen molar-refractivity contribution in [1.29, 1.82) is 0 Å². The normalized spacial score (nSPS) is 10.7. The molecule has 2 rings (SSSR count). The minimum Gasteiger partial charge on any atom is -0.457 e. The maximum absolute atomic E-state index is 12.8. The first kappa shape index (κ1) is 13.5. The molecule has 0 unspecified atom stereocenters. The number of rotatable bonds is 5. The molecule has 19 heavy (non-hydrogen) atoms. The molecule has 1 aromatic carbocycles. The fourth-order valence-electron chi connectivity index (χ4n) is 1.56. The van der Waals surface area contributed by atoms with Crippen molar-refractivity contribution in [3.63, 3.8) is 0 Å². The van der Waals surface area contributed by atoms with Crippen molar-refractivity contribution in [2.45, 2.75) is 26.4 Å². The van der Waals surface area contributed by atoms with Crippen LogP contribution in [0.1, 0.15) is 19.5 Å². The molecule has 0 aliphatic heterocycles. The summed E-state index contributed by atoms with van der Waals surface area (Å²) in [6.45, 7) is 4.86. The Kier molecular flexibility index (Phi) is 4.47. The van der Waals surface area contributed by atoms with Crippen molar-refractivity contribution < 1.29 is 9.13 Å². The summed E-state index contributed by atoms with van der Waals surface area (Å²) in [6, 6.07) is 10.0. The molecule has 0 aliphatic rings. The Labute approximate surface area is 112 Å². The van der Waals surface area contributed by atoms with Gasteiger partial charge in [0.15, 0.2) is 0 Å². The van der Waals surface area contributed by atoms with Crippen molar-refractivity contribution in [3.05, 3.63) is 54.1 Å². The van der Waals surface area contributed by atoms with Gasteiger partial charge in [0.05, 0.1) is 5.69 Å². The van der Waals surface area contributed by atoms with Crippen LogP contribution < -0.4 is 10.1 Å². The minimum atomic E-state index is -0.274. The first-order chi connectivity index (χ1) is 9.13. The SMILES string of the molecule is CC(C)NCc1cc(Oc2ccc(F)cc2)ccn1. The Morgan fingerprint density at radius 2 is 1.89 bits per heavy atom. The van der Waals surface area contributed by atoms with Crippen LogP contribution in [0.5, 0.6) is 11.5 Å². The van der Waals surface area contributed by atoms with Crippen LogP contribution in [0.4, 0.5) is 4.39 Å². The molecule has 0 aliphatic carbocycles. The molecule has 1 heterocycles. The predicted octanol–water partition coefficient (Wildman–Crippen LogP) is 3.51. The number of hydrogen-bond acceptors (Lipinski definition) is 3. The highest BCUT2D eigenvalue weighted by Crippen LogP contribution is 2.21. The van der Waals surface area contributed by atoms with Gasteiger partial charge < -0.3 is 10.1 Å². The number of aromatic nitrogens is 1. The van der Waals surface area contributed by atoms with Gasteiger partial charge in [-0.05, 0) is 30.3 Å². The topological polar surface area (TPSA) is 34.1 Å². The maximum atomic E-state index is 12.8. The molecule has 2 aromatic rings. The third-order valence-corrected chi connectivity index (χ3v) is 2.53. The van der Waals surface area contributed by atoms with Gasteiger partial charge in [-0.3, -0.25) is 4.98 Å². The summed E-state index contributed by atoms with van der Waals surface area (Å²) in [5.74, 6) is 1.03. The summed E-state index contributed by atoms with van der Waals surface area (Å²) in [6.07, 6.45) is 1.70. The van der Waals surface area contributed by atoms with Gasteiger partial charge in [0.2, 0.25) is 0 Å². The average Bonchev–Trinajstić information content (AvgIpc) is 2.40. The molecule has 0 bridgehead atoms. The molecular formula is C15H17FN2O. The summed E-state index contributed by atoms with van der Waals surface area (Å²) in [4.78, 5) is 4.26. The minimum absolute atomic E-state index is 0.274. The monoisotopic (exact) mass is 260 g/mol. The van der Waals surface area contributed by atoms with Crippen LogP contribution in [0.2, 0.25) is 0 Å². The van der Waals surface area contributed by atoms with Crippen LogP contribution in [-0.2, 0) is 6.54 Å². The zero-order valence-electron chi connectivity index (χ0n) is 11.1. The maximum Gasteiger partial charge on any atom is 0.130 e. The van der Waals surface area contributed by atoms with Crippen molar-refractivity contribution in [2.75, 3.05) is 0 Å². The van der Waals surface area contributed by atoms with E-state index in [-0.39, 0.29) is 5.82 Å². The van der Waals surface area contributed by atoms with Gasteiger partial charge >= 0.3 is 0 Å². The molecule has 0 amide bonds. The molecule has 3 nitrogen and oxygen atoms in total. The zero-order valence-corrected chi connectivity index (χ0v) is 11.1. The summed E-state index contributed by atoms with van der Waals surface area (Å²) < 4.78 is 18.4. The second kappa shape index (κ2) is 6.29. The van der Waals surface area contributed by atoms with Gasteiger partial charge in [-0.2, -0.15) is 0 Å². The van der Waals surface area contributed by atoms with Crippen molar-refractivity contribution in [2.24, 2.45) is 0 Å². The van der Waals surface area contributed by atoms with E-state index < -0.39 is 0 Å². The van der Waals surface area contributed by atoms with Gasteiger partial charge in [-0.25, -0.2) is 4.39 Å². The number of pyridine rings is 1. The highest BCUT2D eigenvalue weighted by atomic mass is 19.1. The molecule has 0 fully saturated rings. The second-order valence-electron chi connectivity index (χ2n) is 4.57. The second-order valence-corrected chi connectivity index (χ2v) is 4.57.